The molecule has 2 nitrogen and oxygen atoms in total. The second kappa shape index (κ2) is 3.34. The van der Waals surface area contributed by atoms with Crippen molar-refractivity contribution in [2.45, 2.75) is 6.61 Å². The van der Waals surface area contributed by atoms with Gasteiger partial charge in [0.25, 0.3) is 0 Å². The lowest BCUT2D eigenvalue weighted by Crippen LogP contribution is -1.87. The lowest BCUT2D eigenvalue weighted by molar-refractivity contribution is 0.184. The zero-order valence-electron chi connectivity index (χ0n) is 6.17. The number of ether oxygens (including phenoxy) is 1. The molecule has 0 aliphatic carbocycles. The van der Waals surface area contributed by atoms with Crippen molar-refractivity contribution in [1.82, 2.24) is 0 Å². The Bertz CT molecular complexity index is 228. The highest BCUT2D eigenvalue weighted by molar-refractivity contribution is 5.27. The molecular formula is C8H9FO2. The van der Waals surface area contributed by atoms with Crippen molar-refractivity contribution in [2.24, 2.45) is 0 Å². The molecular weight excluding hydrogens is 147 g/mol. The number of hydrogen-bond acceptors (Lipinski definition) is 2. The normalized spacial score (nSPS) is 10.0. The molecule has 1 N–H and O–H groups in total. The molecule has 0 fully saturated rings. The smallest absolute Gasteiger partial charge is 0.127 e. The van der Waals surface area contributed by atoms with E-state index in [0.29, 0.717) is 12.2 Å². The van der Waals surface area contributed by atoms with Gasteiger partial charge in [-0.25, -0.2) is 4.39 Å². The maximum atomic E-state index is 12.5. The van der Waals surface area contributed by atoms with Crippen molar-refractivity contribution in [2.75, 3.05) is 7.11 Å². The van der Waals surface area contributed by atoms with E-state index in [1.165, 1.54) is 19.2 Å². The number of benzene rings is 1. The summed E-state index contributed by atoms with van der Waals surface area (Å²) in [5, 5.41) is 8.92. The minimum Gasteiger partial charge on any atom is -0.508 e. The number of halogens is 1. The van der Waals surface area contributed by atoms with E-state index in [0.717, 1.165) is 6.07 Å². The molecule has 11 heavy (non-hydrogen) atoms. The Labute approximate surface area is 64.2 Å². The predicted octanol–water partition coefficient (Wildman–Crippen LogP) is 1.68. The first-order chi connectivity index (χ1) is 5.22. The molecule has 0 unspecified atom stereocenters. The first-order valence-corrected chi connectivity index (χ1v) is 3.20. The van der Waals surface area contributed by atoms with Crippen LogP contribution in [0.25, 0.3) is 0 Å². The zero-order valence-corrected chi connectivity index (χ0v) is 6.17. The van der Waals surface area contributed by atoms with E-state index < -0.39 is 5.82 Å². The SMILES string of the molecule is COCc1cc(O)cc(F)c1. The molecule has 3 heteroatoms. The van der Waals surface area contributed by atoms with Gasteiger partial charge < -0.3 is 9.84 Å². The Balaban J connectivity index is 2.89. The Kier molecular flexibility index (Phi) is 2.44. The van der Waals surface area contributed by atoms with Gasteiger partial charge in [0.2, 0.25) is 0 Å². The number of rotatable bonds is 2. The molecule has 0 bridgehead atoms. The van der Waals surface area contributed by atoms with Crippen molar-refractivity contribution in [1.29, 1.82) is 0 Å². The average molecular weight is 156 g/mol. The van der Waals surface area contributed by atoms with E-state index in [1.807, 2.05) is 0 Å². The molecule has 0 aliphatic rings. The molecule has 0 spiro atoms. The summed E-state index contributed by atoms with van der Waals surface area (Å²) >= 11 is 0. The minimum atomic E-state index is -0.447. The Morgan fingerprint density at radius 3 is 2.73 bits per heavy atom. The molecule has 0 saturated heterocycles. The van der Waals surface area contributed by atoms with Gasteiger partial charge in [0.05, 0.1) is 6.61 Å². The van der Waals surface area contributed by atoms with Gasteiger partial charge >= 0.3 is 0 Å². The summed E-state index contributed by atoms with van der Waals surface area (Å²) < 4.78 is 17.3. The predicted molar refractivity (Wildman–Crippen MR) is 38.8 cm³/mol. The first-order valence-electron chi connectivity index (χ1n) is 3.20. The van der Waals surface area contributed by atoms with Gasteiger partial charge in [-0.3, -0.25) is 0 Å². The Morgan fingerprint density at radius 2 is 2.18 bits per heavy atom. The molecule has 1 aromatic carbocycles. The average Bonchev–Trinajstić information content (AvgIpc) is 1.85. The second-order valence-corrected chi connectivity index (χ2v) is 2.25. The number of hydrogen-bond donors (Lipinski definition) is 1. The Morgan fingerprint density at radius 1 is 1.45 bits per heavy atom. The molecule has 0 aliphatic heterocycles. The van der Waals surface area contributed by atoms with Gasteiger partial charge in [0.1, 0.15) is 11.6 Å². The van der Waals surface area contributed by atoms with Gasteiger partial charge in [0, 0.05) is 13.2 Å². The highest BCUT2D eigenvalue weighted by Crippen LogP contribution is 2.14. The van der Waals surface area contributed by atoms with Crippen molar-refractivity contribution in [3.05, 3.63) is 29.6 Å². The lowest BCUT2D eigenvalue weighted by atomic mass is 10.2. The number of aromatic hydroxyl groups is 1. The molecule has 60 valence electrons. The van der Waals surface area contributed by atoms with Crippen LogP contribution in [0.1, 0.15) is 5.56 Å². The molecule has 0 heterocycles. The second-order valence-electron chi connectivity index (χ2n) is 2.25. The van der Waals surface area contributed by atoms with Gasteiger partial charge in [-0.1, -0.05) is 0 Å². The summed E-state index contributed by atoms with van der Waals surface area (Å²) in [5.41, 5.74) is 0.630. The molecule has 0 atom stereocenters. The number of phenols is 1. The third-order valence-corrected chi connectivity index (χ3v) is 1.25. The van der Waals surface area contributed by atoms with Gasteiger partial charge in [-0.2, -0.15) is 0 Å². The first kappa shape index (κ1) is 8.01. The number of phenolic OH excluding ortho intramolecular Hbond substituents is 1. The van der Waals surface area contributed by atoms with E-state index in [2.05, 4.69) is 0 Å². The maximum Gasteiger partial charge on any atom is 0.127 e. The van der Waals surface area contributed by atoms with E-state index in [1.54, 1.807) is 0 Å². The third kappa shape index (κ3) is 2.20. The quantitative estimate of drug-likeness (QED) is 0.705. The van der Waals surface area contributed by atoms with Gasteiger partial charge in [-0.05, 0) is 17.7 Å². The highest BCUT2D eigenvalue weighted by Gasteiger charge is 1.97. The third-order valence-electron chi connectivity index (χ3n) is 1.25. The summed E-state index contributed by atoms with van der Waals surface area (Å²) in [4.78, 5) is 0. The Hall–Kier alpha value is -1.09. The summed E-state index contributed by atoms with van der Waals surface area (Å²) in [6, 6.07) is 3.84. The van der Waals surface area contributed by atoms with Crippen LogP contribution in [-0.2, 0) is 11.3 Å². The van der Waals surface area contributed by atoms with Gasteiger partial charge in [0.15, 0.2) is 0 Å². The lowest BCUT2D eigenvalue weighted by Gasteiger charge is -1.99. The fourth-order valence-corrected chi connectivity index (χ4v) is 0.883. The van der Waals surface area contributed by atoms with Crippen LogP contribution in [0.3, 0.4) is 0 Å². The monoisotopic (exact) mass is 156 g/mol. The molecule has 1 aromatic rings. The van der Waals surface area contributed by atoms with Crippen LogP contribution in [0, 0.1) is 5.82 Å². The van der Waals surface area contributed by atoms with Crippen LogP contribution in [0.2, 0.25) is 0 Å². The van der Waals surface area contributed by atoms with Crippen LogP contribution in [0.4, 0.5) is 4.39 Å². The van der Waals surface area contributed by atoms with Gasteiger partial charge in [-0.15, -0.1) is 0 Å². The van der Waals surface area contributed by atoms with E-state index in [-0.39, 0.29) is 5.75 Å². The van der Waals surface area contributed by atoms with E-state index in [4.69, 9.17) is 9.84 Å². The van der Waals surface area contributed by atoms with Crippen LogP contribution >= 0.6 is 0 Å². The fraction of sp³-hybridized carbons (Fsp3) is 0.250. The van der Waals surface area contributed by atoms with Crippen LogP contribution in [0.15, 0.2) is 18.2 Å². The van der Waals surface area contributed by atoms with Crippen molar-refractivity contribution < 1.29 is 14.2 Å². The summed E-state index contributed by atoms with van der Waals surface area (Å²) in [6.07, 6.45) is 0. The molecule has 0 amide bonds. The zero-order chi connectivity index (χ0) is 8.27. The summed E-state index contributed by atoms with van der Waals surface area (Å²) in [7, 11) is 1.52. The fourth-order valence-electron chi connectivity index (χ4n) is 0.883. The van der Waals surface area contributed by atoms with E-state index in [9.17, 15) is 4.39 Å². The largest absolute Gasteiger partial charge is 0.508 e. The standard InChI is InChI=1S/C8H9FO2/c1-11-5-6-2-7(9)4-8(10)3-6/h2-4,10H,5H2,1H3. The van der Waals surface area contributed by atoms with Crippen molar-refractivity contribution in [3.63, 3.8) is 0 Å². The summed E-state index contributed by atoms with van der Waals surface area (Å²) in [6.45, 7) is 0.311. The van der Waals surface area contributed by atoms with Crippen molar-refractivity contribution in [3.8, 4) is 5.75 Å². The molecule has 0 radical (unpaired) electrons. The maximum absolute atomic E-state index is 12.5. The minimum absolute atomic E-state index is 0.0722. The summed E-state index contributed by atoms with van der Waals surface area (Å²) in [5.74, 6) is -0.519. The molecule has 1 rings (SSSR count). The van der Waals surface area contributed by atoms with Crippen LogP contribution in [0.5, 0.6) is 5.75 Å². The van der Waals surface area contributed by atoms with Crippen LogP contribution in [-0.4, -0.2) is 12.2 Å². The van der Waals surface area contributed by atoms with Crippen molar-refractivity contribution >= 4 is 0 Å². The topological polar surface area (TPSA) is 29.5 Å². The highest BCUT2D eigenvalue weighted by atomic mass is 19.1. The molecule has 0 aromatic heterocycles. The number of methoxy groups -OCH3 is 1. The van der Waals surface area contributed by atoms with Crippen LogP contribution < -0.4 is 0 Å². The molecule has 0 saturated carbocycles. The van der Waals surface area contributed by atoms with E-state index >= 15 is 0 Å².